The fourth-order valence-electron chi connectivity index (χ4n) is 2.02. The molecule has 0 spiro atoms. The molecule has 0 radical (unpaired) electrons. The molecule has 0 heterocycles. The lowest BCUT2D eigenvalue weighted by Gasteiger charge is -2.09. The number of amides is 1. The van der Waals surface area contributed by atoms with Crippen molar-refractivity contribution in [3.63, 3.8) is 0 Å². The van der Waals surface area contributed by atoms with Crippen LogP contribution in [0.1, 0.15) is 18.1 Å². The zero-order valence-corrected chi connectivity index (χ0v) is 17.2. The van der Waals surface area contributed by atoms with Crippen LogP contribution < -0.4 is 14.9 Å². The fraction of sp³-hybridized carbons (Fsp3) is 0.222. The predicted molar refractivity (Wildman–Crippen MR) is 109 cm³/mol. The number of hydrogen-bond acceptors (Lipinski definition) is 5. The maximum atomic E-state index is 11.8. The van der Waals surface area contributed by atoms with E-state index in [4.69, 9.17) is 21.1 Å². The van der Waals surface area contributed by atoms with E-state index in [1.165, 1.54) is 6.21 Å². The number of rotatable bonds is 7. The van der Waals surface area contributed by atoms with Crippen molar-refractivity contribution >= 4 is 46.3 Å². The second kappa shape index (κ2) is 9.63. The van der Waals surface area contributed by atoms with Crippen LogP contribution in [0, 0.1) is 10.5 Å². The van der Waals surface area contributed by atoms with Gasteiger partial charge in [-0.15, -0.1) is 0 Å². The lowest BCUT2D eigenvalue weighted by atomic mass is 10.2. The summed E-state index contributed by atoms with van der Waals surface area (Å²) in [4.78, 5) is 11.8. The molecule has 0 aromatic heterocycles. The molecule has 2 N–H and O–H groups in total. The van der Waals surface area contributed by atoms with Crippen LogP contribution in [-0.4, -0.2) is 30.4 Å². The number of phenols is 1. The molecule has 0 bridgehead atoms. The van der Waals surface area contributed by atoms with Gasteiger partial charge in [0.1, 0.15) is 5.75 Å². The van der Waals surface area contributed by atoms with Crippen molar-refractivity contribution in [1.29, 1.82) is 0 Å². The topological polar surface area (TPSA) is 80.2 Å². The number of ether oxygens (including phenoxy) is 2. The average Bonchev–Trinajstić information content (AvgIpc) is 2.60. The smallest absolute Gasteiger partial charge is 0.277 e. The van der Waals surface area contributed by atoms with Gasteiger partial charge in [0.15, 0.2) is 18.1 Å². The van der Waals surface area contributed by atoms with Crippen molar-refractivity contribution in [2.24, 2.45) is 5.10 Å². The van der Waals surface area contributed by atoms with E-state index in [0.29, 0.717) is 28.7 Å². The van der Waals surface area contributed by atoms with Gasteiger partial charge in [-0.1, -0.05) is 11.6 Å². The standard InChI is InChI=1S/C18H18ClIN2O4/c1-3-25-16-8-13(20)7-12(18(16)24)9-21-22-17(23)10-26-14-4-5-15(19)11(2)6-14/h4-9,24H,3,10H2,1-2H3,(H,22,23)/b21-9+. The summed E-state index contributed by atoms with van der Waals surface area (Å²) in [5.41, 5.74) is 3.65. The minimum atomic E-state index is -0.427. The minimum absolute atomic E-state index is 0.0295. The van der Waals surface area contributed by atoms with E-state index in [1.807, 2.05) is 13.8 Å². The van der Waals surface area contributed by atoms with Gasteiger partial charge in [0.2, 0.25) is 0 Å². The van der Waals surface area contributed by atoms with Crippen molar-refractivity contribution < 1.29 is 19.4 Å². The van der Waals surface area contributed by atoms with Crippen LogP contribution in [-0.2, 0) is 4.79 Å². The third-order valence-corrected chi connectivity index (χ3v) is 4.31. The zero-order chi connectivity index (χ0) is 19.1. The highest BCUT2D eigenvalue weighted by atomic mass is 127. The number of benzene rings is 2. The zero-order valence-electron chi connectivity index (χ0n) is 14.3. The average molecular weight is 489 g/mol. The molecule has 6 nitrogen and oxygen atoms in total. The number of halogens is 2. The number of aromatic hydroxyl groups is 1. The highest BCUT2D eigenvalue weighted by Crippen LogP contribution is 2.31. The van der Waals surface area contributed by atoms with E-state index in [2.05, 4.69) is 33.1 Å². The Bertz CT molecular complexity index is 827. The van der Waals surface area contributed by atoms with Crippen LogP contribution >= 0.6 is 34.2 Å². The van der Waals surface area contributed by atoms with Gasteiger partial charge in [0.25, 0.3) is 5.91 Å². The summed E-state index contributed by atoms with van der Waals surface area (Å²) in [7, 11) is 0. The van der Waals surface area contributed by atoms with Gasteiger partial charge in [-0.05, 0) is 72.3 Å². The Morgan fingerprint density at radius 3 is 2.81 bits per heavy atom. The van der Waals surface area contributed by atoms with Crippen LogP contribution in [0.15, 0.2) is 35.4 Å². The molecule has 8 heteroatoms. The van der Waals surface area contributed by atoms with Crippen molar-refractivity contribution in [3.05, 3.63) is 50.1 Å². The van der Waals surface area contributed by atoms with Gasteiger partial charge in [-0.2, -0.15) is 5.10 Å². The van der Waals surface area contributed by atoms with E-state index < -0.39 is 5.91 Å². The van der Waals surface area contributed by atoms with Crippen molar-refractivity contribution in [1.82, 2.24) is 5.43 Å². The molecule has 0 aliphatic rings. The largest absolute Gasteiger partial charge is 0.504 e. The van der Waals surface area contributed by atoms with E-state index in [9.17, 15) is 9.90 Å². The molecule has 0 saturated heterocycles. The van der Waals surface area contributed by atoms with E-state index >= 15 is 0 Å². The third-order valence-electron chi connectivity index (χ3n) is 3.26. The number of hydrazone groups is 1. The van der Waals surface area contributed by atoms with Crippen molar-refractivity contribution in [2.45, 2.75) is 13.8 Å². The van der Waals surface area contributed by atoms with Crippen LogP contribution in [0.5, 0.6) is 17.2 Å². The summed E-state index contributed by atoms with van der Waals surface area (Å²) in [6, 6.07) is 8.58. The van der Waals surface area contributed by atoms with Gasteiger partial charge >= 0.3 is 0 Å². The summed E-state index contributed by atoms with van der Waals surface area (Å²) >= 11 is 8.05. The van der Waals surface area contributed by atoms with Gasteiger partial charge in [-0.3, -0.25) is 4.79 Å². The summed E-state index contributed by atoms with van der Waals surface area (Å²) in [6.07, 6.45) is 1.35. The normalized spacial score (nSPS) is 10.8. The Balaban J connectivity index is 1.93. The monoisotopic (exact) mass is 488 g/mol. The fourth-order valence-corrected chi connectivity index (χ4v) is 2.76. The molecule has 2 aromatic carbocycles. The summed E-state index contributed by atoms with van der Waals surface area (Å²) in [6.45, 7) is 3.92. The first-order valence-electron chi connectivity index (χ1n) is 7.77. The molecule has 0 aliphatic carbocycles. The molecule has 26 heavy (non-hydrogen) atoms. The van der Waals surface area contributed by atoms with Gasteiger partial charge < -0.3 is 14.6 Å². The van der Waals surface area contributed by atoms with Crippen LogP contribution in [0.3, 0.4) is 0 Å². The van der Waals surface area contributed by atoms with Gasteiger partial charge in [0.05, 0.1) is 12.8 Å². The predicted octanol–water partition coefficient (Wildman–Crippen LogP) is 3.89. The number of carbonyl (C=O) groups excluding carboxylic acids is 1. The summed E-state index contributed by atoms with van der Waals surface area (Å²) in [5.74, 6) is 0.457. The van der Waals surface area contributed by atoms with Crippen LogP contribution in [0.25, 0.3) is 0 Å². The number of nitrogens with zero attached hydrogens (tertiary/aromatic N) is 1. The maximum Gasteiger partial charge on any atom is 0.277 e. The molecule has 0 fully saturated rings. The number of nitrogens with one attached hydrogen (secondary N) is 1. The number of hydrogen-bond donors (Lipinski definition) is 2. The molecule has 0 saturated carbocycles. The molecule has 0 atom stereocenters. The highest BCUT2D eigenvalue weighted by Gasteiger charge is 2.09. The lowest BCUT2D eigenvalue weighted by molar-refractivity contribution is -0.123. The second-order valence-corrected chi connectivity index (χ2v) is 6.92. The molecule has 1 amide bonds. The third kappa shape index (κ3) is 5.77. The molecule has 2 aromatic rings. The molecule has 0 aliphatic heterocycles. The minimum Gasteiger partial charge on any atom is -0.504 e. The maximum absolute atomic E-state index is 11.8. The molecule has 2 rings (SSSR count). The van der Waals surface area contributed by atoms with E-state index in [-0.39, 0.29) is 12.4 Å². The Hall–Kier alpha value is -2.00. The summed E-state index contributed by atoms with van der Waals surface area (Å²) in [5, 5.41) is 14.6. The SMILES string of the molecule is CCOc1cc(I)cc(/C=N/NC(=O)COc2ccc(Cl)c(C)c2)c1O. The van der Waals surface area contributed by atoms with E-state index in [1.54, 1.807) is 30.3 Å². The highest BCUT2D eigenvalue weighted by molar-refractivity contribution is 14.1. The quantitative estimate of drug-likeness (QED) is 0.352. The van der Waals surface area contributed by atoms with Gasteiger partial charge in [0, 0.05) is 14.2 Å². The van der Waals surface area contributed by atoms with Crippen LogP contribution in [0.4, 0.5) is 0 Å². The molecule has 0 unspecified atom stereocenters. The second-order valence-electron chi connectivity index (χ2n) is 5.27. The van der Waals surface area contributed by atoms with Crippen molar-refractivity contribution in [3.8, 4) is 17.2 Å². The Morgan fingerprint density at radius 1 is 1.35 bits per heavy atom. The van der Waals surface area contributed by atoms with Crippen LogP contribution in [0.2, 0.25) is 5.02 Å². The molecular weight excluding hydrogens is 471 g/mol. The first-order valence-corrected chi connectivity index (χ1v) is 9.22. The number of aryl methyl sites for hydroxylation is 1. The first-order chi connectivity index (χ1) is 12.4. The van der Waals surface area contributed by atoms with Crippen molar-refractivity contribution in [2.75, 3.05) is 13.2 Å². The van der Waals surface area contributed by atoms with Gasteiger partial charge in [-0.25, -0.2) is 5.43 Å². The Morgan fingerprint density at radius 2 is 2.12 bits per heavy atom. The Kier molecular flexibility index (Phi) is 7.52. The van der Waals surface area contributed by atoms with E-state index in [0.717, 1.165) is 9.13 Å². The summed E-state index contributed by atoms with van der Waals surface area (Å²) < 4.78 is 11.6. The first kappa shape index (κ1) is 20.3. The number of phenolic OH excluding ortho intramolecular Hbond substituents is 1. The Labute approximate surface area is 170 Å². The molecule has 138 valence electrons. The number of carbonyl (C=O) groups is 1. The molecular formula is C18H18ClIN2O4. The lowest BCUT2D eigenvalue weighted by Crippen LogP contribution is -2.24.